The van der Waals surface area contributed by atoms with Crippen molar-refractivity contribution in [2.75, 3.05) is 21.3 Å². The molecule has 3 rings (SSSR count). The average Bonchev–Trinajstić information content (AvgIpc) is 2.88. The second-order valence-electron chi connectivity index (χ2n) is 9.62. The van der Waals surface area contributed by atoms with Gasteiger partial charge in [-0.1, -0.05) is 86.7 Å². The molecular formula is C30H38O4Si. The smallest absolute Gasteiger partial charge is 0.258 e. The monoisotopic (exact) mass is 490 g/mol. The molecule has 35 heavy (non-hydrogen) atoms. The van der Waals surface area contributed by atoms with Crippen LogP contribution in [0.4, 0.5) is 0 Å². The van der Waals surface area contributed by atoms with E-state index in [-0.39, 0.29) is 11.0 Å². The second-order valence-corrected chi connectivity index (χ2v) is 13.5. The highest BCUT2D eigenvalue weighted by Gasteiger charge is 2.50. The van der Waals surface area contributed by atoms with Crippen molar-refractivity contribution in [3.05, 3.63) is 91.0 Å². The standard InChI is InChI=1S/C30H38O4Si/c1-7-14-23(21-24-19-20-27(32-4)29(34-6)28(24)33-5)22-30(2,3)35(31,25-15-10-8-11-16-25)26-17-12-9-13-18-26/h7-13,15-20,23,31H,1,14,21-22H2,2-6H3. The van der Waals surface area contributed by atoms with Gasteiger partial charge < -0.3 is 19.0 Å². The van der Waals surface area contributed by atoms with Crippen LogP contribution in [-0.2, 0) is 6.42 Å². The first kappa shape index (κ1) is 26.6. The van der Waals surface area contributed by atoms with E-state index in [1.54, 1.807) is 21.3 Å². The quantitative estimate of drug-likeness (QED) is 0.274. The van der Waals surface area contributed by atoms with Crippen LogP contribution in [0.25, 0.3) is 0 Å². The minimum Gasteiger partial charge on any atom is -0.493 e. The second kappa shape index (κ2) is 11.6. The van der Waals surface area contributed by atoms with Crippen molar-refractivity contribution in [3.63, 3.8) is 0 Å². The van der Waals surface area contributed by atoms with Crippen molar-refractivity contribution in [1.29, 1.82) is 0 Å². The van der Waals surface area contributed by atoms with Gasteiger partial charge in [-0.25, -0.2) is 0 Å². The number of benzene rings is 3. The van der Waals surface area contributed by atoms with E-state index in [0.29, 0.717) is 17.2 Å². The maximum atomic E-state index is 12.6. The Morgan fingerprint density at radius 1 is 0.829 bits per heavy atom. The molecule has 0 amide bonds. The molecule has 5 heteroatoms. The Balaban J connectivity index is 2.02. The zero-order chi connectivity index (χ0) is 25.5. The van der Waals surface area contributed by atoms with Crippen LogP contribution in [0, 0.1) is 5.92 Å². The number of allylic oxidation sites excluding steroid dienone is 1. The molecule has 1 atom stereocenters. The summed E-state index contributed by atoms with van der Waals surface area (Å²) in [6.07, 6.45) is 4.39. The molecule has 3 aromatic rings. The van der Waals surface area contributed by atoms with E-state index in [1.165, 1.54) is 0 Å². The third-order valence-corrected chi connectivity index (χ3v) is 11.5. The third kappa shape index (κ3) is 5.47. The number of hydrogen-bond acceptors (Lipinski definition) is 4. The van der Waals surface area contributed by atoms with Crippen molar-refractivity contribution in [3.8, 4) is 17.2 Å². The van der Waals surface area contributed by atoms with Gasteiger partial charge in [-0.05, 0) is 52.2 Å². The Kier molecular flexibility index (Phi) is 8.81. The van der Waals surface area contributed by atoms with Crippen molar-refractivity contribution in [2.45, 2.75) is 38.1 Å². The predicted octanol–water partition coefficient (Wildman–Crippen LogP) is 5.37. The highest BCUT2D eigenvalue weighted by Crippen LogP contribution is 2.45. The van der Waals surface area contributed by atoms with Crippen molar-refractivity contribution in [2.24, 2.45) is 5.92 Å². The molecule has 0 fully saturated rings. The lowest BCUT2D eigenvalue weighted by molar-refractivity contribution is 0.318. The fraction of sp³-hybridized carbons (Fsp3) is 0.333. The third-order valence-electron chi connectivity index (χ3n) is 6.96. The van der Waals surface area contributed by atoms with Gasteiger partial charge >= 0.3 is 0 Å². The molecule has 1 N–H and O–H groups in total. The van der Waals surface area contributed by atoms with Gasteiger partial charge in [0.15, 0.2) is 11.5 Å². The molecule has 0 saturated heterocycles. The minimum absolute atomic E-state index is 0.251. The molecule has 0 aliphatic rings. The van der Waals surface area contributed by atoms with Gasteiger partial charge in [0.1, 0.15) is 0 Å². The molecule has 0 radical (unpaired) electrons. The van der Waals surface area contributed by atoms with Crippen molar-refractivity contribution < 1.29 is 19.0 Å². The molecule has 0 saturated carbocycles. The molecule has 0 aliphatic heterocycles. The van der Waals surface area contributed by atoms with E-state index in [1.807, 2.05) is 54.6 Å². The van der Waals surface area contributed by atoms with E-state index >= 15 is 0 Å². The first-order valence-corrected chi connectivity index (χ1v) is 14.0. The Labute approximate surface area is 211 Å². The summed E-state index contributed by atoms with van der Waals surface area (Å²) in [5.74, 6) is 2.19. The maximum Gasteiger partial charge on any atom is 0.258 e. The lowest BCUT2D eigenvalue weighted by Crippen LogP contribution is -2.65. The van der Waals surface area contributed by atoms with Gasteiger partial charge in [0, 0.05) is 0 Å². The molecule has 0 bridgehead atoms. The number of methoxy groups -OCH3 is 3. The van der Waals surface area contributed by atoms with Crippen LogP contribution in [0.1, 0.15) is 32.3 Å². The van der Waals surface area contributed by atoms with Gasteiger partial charge in [-0.3, -0.25) is 0 Å². The molecule has 0 aliphatic carbocycles. The summed E-state index contributed by atoms with van der Waals surface area (Å²) in [4.78, 5) is 12.6. The Hall–Kier alpha value is -3.02. The summed E-state index contributed by atoms with van der Waals surface area (Å²) in [6, 6.07) is 24.3. The predicted molar refractivity (Wildman–Crippen MR) is 147 cm³/mol. The minimum atomic E-state index is -3.10. The first-order chi connectivity index (χ1) is 16.8. The lowest BCUT2D eigenvalue weighted by Gasteiger charge is -2.43. The molecule has 4 nitrogen and oxygen atoms in total. The van der Waals surface area contributed by atoms with Crippen molar-refractivity contribution in [1.82, 2.24) is 0 Å². The number of ether oxygens (including phenoxy) is 3. The van der Waals surface area contributed by atoms with Crippen LogP contribution in [-0.4, -0.2) is 34.4 Å². The topological polar surface area (TPSA) is 47.9 Å². The van der Waals surface area contributed by atoms with Crippen LogP contribution >= 0.6 is 0 Å². The van der Waals surface area contributed by atoms with E-state index in [0.717, 1.165) is 35.2 Å². The van der Waals surface area contributed by atoms with Gasteiger partial charge in [0.05, 0.1) is 21.3 Å². The van der Waals surface area contributed by atoms with Gasteiger partial charge in [-0.15, -0.1) is 6.58 Å². The van der Waals surface area contributed by atoms with Crippen LogP contribution in [0.15, 0.2) is 85.5 Å². The van der Waals surface area contributed by atoms with Crippen LogP contribution in [0.3, 0.4) is 0 Å². The maximum absolute atomic E-state index is 12.6. The fourth-order valence-corrected chi connectivity index (χ4v) is 9.12. The lowest BCUT2D eigenvalue weighted by atomic mass is 9.87. The van der Waals surface area contributed by atoms with E-state index < -0.39 is 8.32 Å². The van der Waals surface area contributed by atoms with Gasteiger partial charge in [0.25, 0.3) is 8.32 Å². The Morgan fingerprint density at radius 3 is 1.83 bits per heavy atom. The zero-order valence-corrected chi connectivity index (χ0v) is 22.6. The molecular weight excluding hydrogens is 452 g/mol. The molecule has 3 aromatic carbocycles. The van der Waals surface area contributed by atoms with Crippen LogP contribution in [0.2, 0.25) is 5.04 Å². The van der Waals surface area contributed by atoms with E-state index in [2.05, 4.69) is 44.7 Å². The largest absolute Gasteiger partial charge is 0.493 e. The molecule has 186 valence electrons. The summed E-state index contributed by atoms with van der Waals surface area (Å²) in [6.45, 7) is 8.45. The first-order valence-electron chi connectivity index (χ1n) is 12.0. The Bertz CT molecular complexity index is 1060. The number of hydrogen-bond donors (Lipinski definition) is 1. The van der Waals surface area contributed by atoms with Gasteiger partial charge in [0.2, 0.25) is 5.75 Å². The summed E-state index contributed by atoms with van der Waals surface area (Å²) in [7, 11) is 1.80. The number of rotatable bonds is 12. The molecule has 0 spiro atoms. The highest BCUT2D eigenvalue weighted by atomic mass is 28.4. The Morgan fingerprint density at radius 2 is 1.37 bits per heavy atom. The molecule has 0 aromatic heterocycles. The average molecular weight is 491 g/mol. The summed E-state index contributed by atoms with van der Waals surface area (Å²) in [5, 5.41) is 1.70. The summed E-state index contributed by atoms with van der Waals surface area (Å²) < 4.78 is 16.8. The van der Waals surface area contributed by atoms with E-state index in [4.69, 9.17) is 14.2 Å². The van der Waals surface area contributed by atoms with E-state index in [9.17, 15) is 4.80 Å². The van der Waals surface area contributed by atoms with Crippen LogP contribution in [0.5, 0.6) is 17.2 Å². The summed E-state index contributed by atoms with van der Waals surface area (Å²) >= 11 is 0. The fourth-order valence-electron chi connectivity index (χ4n) is 5.29. The molecule has 1 unspecified atom stereocenters. The van der Waals surface area contributed by atoms with Crippen LogP contribution < -0.4 is 24.6 Å². The zero-order valence-electron chi connectivity index (χ0n) is 21.6. The molecule has 0 heterocycles. The normalized spacial score (nSPS) is 12.6. The van der Waals surface area contributed by atoms with Gasteiger partial charge in [-0.2, -0.15) is 0 Å². The highest BCUT2D eigenvalue weighted by molar-refractivity contribution is 6.98. The SMILES string of the molecule is C=CCC(Cc1ccc(OC)c(OC)c1OC)CC(C)(C)[Si](O)(c1ccccc1)c1ccccc1. The summed E-state index contributed by atoms with van der Waals surface area (Å²) in [5.41, 5.74) is 1.05. The van der Waals surface area contributed by atoms with Crippen molar-refractivity contribution >= 4 is 18.7 Å².